The summed E-state index contributed by atoms with van der Waals surface area (Å²) in [6.07, 6.45) is 5.86. The van der Waals surface area contributed by atoms with Gasteiger partial charge < -0.3 is 9.40 Å². The van der Waals surface area contributed by atoms with Crippen molar-refractivity contribution < 1.29 is 4.42 Å². The minimum absolute atomic E-state index is 0.270. The number of hydrogen-bond acceptors (Lipinski definition) is 6. The van der Waals surface area contributed by atoms with E-state index in [1.54, 1.807) is 0 Å². The van der Waals surface area contributed by atoms with Crippen molar-refractivity contribution in [2.45, 2.75) is 32.7 Å². The second-order valence-corrected chi connectivity index (χ2v) is 6.17. The summed E-state index contributed by atoms with van der Waals surface area (Å²) in [5.74, 6) is 0.793. The summed E-state index contributed by atoms with van der Waals surface area (Å²) in [4.78, 5) is 24.3. The summed E-state index contributed by atoms with van der Waals surface area (Å²) in [6, 6.07) is 0. The van der Waals surface area contributed by atoms with Crippen LogP contribution in [0.5, 0.6) is 0 Å². The van der Waals surface area contributed by atoms with E-state index in [1.807, 2.05) is 4.57 Å². The van der Waals surface area contributed by atoms with Gasteiger partial charge in [-0.05, 0) is 22.4 Å². The lowest BCUT2D eigenvalue weighted by Gasteiger charge is -2.08. The van der Waals surface area contributed by atoms with E-state index in [0.29, 0.717) is 39.7 Å². The number of halogens is 1. The normalized spacial score (nSPS) is 11.8. The van der Waals surface area contributed by atoms with E-state index in [1.165, 1.54) is 17.1 Å². The van der Waals surface area contributed by atoms with E-state index < -0.39 is 0 Å². The molecule has 0 amide bonds. The molecule has 24 heavy (non-hydrogen) atoms. The summed E-state index contributed by atoms with van der Waals surface area (Å²) in [5.41, 5.74) is 1.15. The van der Waals surface area contributed by atoms with Gasteiger partial charge in [0.15, 0.2) is 28.1 Å². The molecule has 0 bridgehead atoms. The molecule has 0 saturated heterocycles. The molecule has 4 heterocycles. The van der Waals surface area contributed by atoms with Crippen molar-refractivity contribution in [2.75, 3.05) is 0 Å². The topological polar surface area (TPSA) is 107 Å². The lowest BCUT2D eigenvalue weighted by atomic mass is 10.2. The summed E-state index contributed by atoms with van der Waals surface area (Å²) >= 11 is 3.30. The molecule has 10 heteroatoms. The highest BCUT2D eigenvalue weighted by Gasteiger charge is 2.21. The number of unbranched alkanes of at least 4 members (excludes halogenated alkanes) is 2. The van der Waals surface area contributed by atoms with Crippen LogP contribution in [-0.4, -0.2) is 34.1 Å². The molecule has 0 radical (unpaired) electrons. The minimum Gasteiger partial charge on any atom is -0.451 e. The number of oxazole rings is 1. The van der Waals surface area contributed by atoms with Gasteiger partial charge >= 0.3 is 0 Å². The predicted molar refractivity (Wildman–Crippen MR) is 89.6 cm³/mol. The maximum absolute atomic E-state index is 12.9. The molecule has 4 aromatic rings. The van der Waals surface area contributed by atoms with Crippen LogP contribution < -0.4 is 5.56 Å². The maximum atomic E-state index is 12.9. The molecule has 0 aliphatic carbocycles. The number of rotatable bonds is 5. The largest absolute Gasteiger partial charge is 0.451 e. The van der Waals surface area contributed by atoms with Crippen LogP contribution in [0, 0.1) is 0 Å². The molecule has 0 aromatic carbocycles. The molecule has 4 aromatic heterocycles. The monoisotopic (exact) mass is 391 g/mol. The molecule has 0 atom stereocenters. The van der Waals surface area contributed by atoms with Crippen LogP contribution in [0.25, 0.3) is 28.5 Å². The molecule has 0 aliphatic rings. The molecule has 0 aliphatic heterocycles. The van der Waals surface area contributed by atoms with Crippen molar-refractivity contribution in [1.29, 1.82) is 0 Å². The van der Waals surface area contributed by atoms with E-state index in [4.69, 9.17) is 4.42 Å². The van der Waals surface area contributed by atoms with E-state index in [-0.39, 0.29) is 5.56 Å². The Kier molecular flexibility index (Phi) is 3.68. The Morgan fingerprint density at radius 2 is 2.21 bits per heavy atom. The van der Waals surface area contributed by atoms with Crippen molar-refractivity contribution in [2.24, 2.45) is 0 Å². The third kappa shape index (κ3) is 2.25. The van der Waals surface area contributed by atoms with Gasteiger partial charge in [-0.25, -0.2) is 14.4 Å². The fraction of sp³-hybridized carbons (Fsp3) is 0.357. The zero-order chi connectivity index (χ0) is 16.7. The highest BCUT2D eigenvalue weighted by atomic mass is 79.9. The Balaban J connectivity index is 2.03. The number of H-pyrrole nitrogens is 1. The summed E-state index contributed by atoms with van der Waals surface area (Å²) in [7, 11) is 0. The highest BCUT2D eigenvalue weighted by molar-refractivity contribution is 9.10. The van der Waals surface area contributed by atoms with Gasteiger partial charge in [0.1, 0.15) is 12.0 Å². The van der Waals surface area contributed by atoms with Gasteiger partial charge in [0.25, 0.3) is 5.56 Å². The average molecular weight is 392 g/mol. The Labute approximate surface area is 143 Å². The van der Waals surface area contributed by atoms with Crippen molar-refractivity contribution in [1.82, 2.24) is 34.1 Å². The fourth-order valence-corrected chi connectivity index (χ4v) is 3.11. The first-order valence-electron chi connectivity index (χ1n) is 7.62. The number of aromatic amines is 1. The highest BCUT2D eigenvalue weighted by Crippen LogP contribution is 2.19. The third-order valence-electron chi connectivity index (χ3n) is 3.86. The zero-order valence-corrected chi connectivity index (χ0v) is 14.4. The lowest BCUT2D eigenvalue weighted by molar-refractivity contribution is 0.558. The number of imidazole rings is 1. The van der Waals surface area contributed by atoms with Crippen molar-refractivity contribution in [3.8, 4) is 11.5 Å². The number of aromatic nitrogens is 7. The number of hydrogen-bond donors (Lipinski definition) is 1. The van der Waals surface area contributed by atoms with Gasteiger partial charge in [0.2, 0.25) is 5.78 Å². The molecule has 0 fully saturated rings. The Bertz CT molecular complexity index is 1060. The third-order valence-corrected chi connectivity index (χ3v) is 4.24. The number of nitrogens with one attached hydrogen (secondary N) is 1. The smallest absolute Gasteiger partial charge is 0.286 e. The molecule has 9 nitrogen and oxygen atoms in total. The lowest BCUT2D eigenvalue weighted by Crippen LogP contribution is -2.20. The summed E-state index contributed by atoms with van der Waals surface area (Å²) in [5, 5.41) is 8.33. The van der Waals surface area contributed by atoms with Crippen LogP contribution in [0.3, 0.4) is 0 Å². The van der Waals surface area contributed by atoms with Crippen LogP contribution in [0.2, 0.25) is 0 Å². The van der Waals surface area contributed by atoms with Gasteiger partial charge in [-0.3, -0.25) is 9.36 Å². The Hall–Kier alpha value is -2.49. The SMILES string of the molecule is CCCCCn1c2nc(Br)[nH]c2c(=O)n2c(-c3cocn3)nnc12. The second kappa shape index (κ2) is 5.86. The molecule has 0 saturated carbocycles. The maximum Gasteiger partial charge on any atom is 0.286 e. The Morgan fingerprint density at radius 3 is 2.96 bits per heavy atom. The van der Waals surface area contributed by atoms with Gasteiger partial charge in [-0.1, -0.05) is 19.8 Å². The predicted octanol–water partition coefficient (Wildman–Crippen LogP) is 2.38. The van der Waals surface area contributed by atoms with E-state index >= 15 is 0 Å². The first-order valence-corrected chi connectivity index (χ1v) is 8.41. The quantitative estimate of drug-likeness (QED) is 0.413. The van der Waals surface area contributed by atoms with Crippen molar-refractivity contribution in [3.63, 3.8) is 0 Å². The van der Waals surface area contributed by atoms with Gasteiger partial charge in [-0.2, -0.15) is 0 Å². The van der Waals surface area contributed by atoms with Crippen LogP contribution in [0.4, 0.5) is 0 Å². The molecule has 124 valence electrons. The molecular weight excluding hydrogens is 378 g/mol. The Morgan fingerprint density at radius 1 is 1.33 bits per heavy atom. The van der Waals surface area contributed by atoms with Crippen molar-refractivity contribution in [3.05, 3.63) is 27.7 Å². The van der Waals surface area contributed by atoms with Crippen molar-refractivity contribution >= 4 is 32.9 Å². The molecule has 0 unspecified atom stereocenters. The molecule has 1 N–H and O–H groups in total. The first-order chi connectivity index (χ1) is 11.7. The van der Waals surface area contributed by atoms with Gasteiger partial charge in [0, 0.05) is 6.54 Å². The van der Waals surface area contributed by atoms with Crippen LogP contribution in [0.15, 0.2) is 26.6 Å². The van der Waals surface area contributed by atoms with E-state index in [2.05, 4.69) is 48.0 Å². The number of nitrogens with zero attached hydrogens (tertiary/aromatic N) is 6. The summed E-state index contributed by atoms with van der Waals surface area (Å²) in [6.45, 7) is 2.84. The molecule has 0 spiro atoms. The van der Waals surface area contributed by atoms with Crippen LogP contribution in [-0.2, 0) is 6.54 Å². The first kappa shape index (κ1) is 15.1. The molecular formula is C14H14BrN7O2. The standard InChI is InChI=1S/C14H14BrN7O2/c1-2-3-4-5-21-11-9(17-13(15)18-11)12(23)22-10(19-20-14(21)22)8-6-24-7-16-8/h6-7H,2-5H2,1H3,(H,17,18). The molecule has 4 rings (SSSR count). The summed E-state index contributed by atoms with van der Waals surface area (Å²) < 4.78 is 8.85. The van der Waals surface area contributed by atoms with Crippen LogP contribution in [0.1, 0.15) is 26.2 Å². The van der Waals surface area contributed by atoms with Gasteiger partial charge in [0.05, 0.1) is 0 Å². The minimum atomic E-state index is -0.270. The van der Waals surface area contributed by atoms with Gasteiger partial charge in [-0.15, -0.1) is 10.2 Å². The van der Waals surface area contributed by atoms with E-state index in [0.717, 1.165) is 19.3 Å². The zero-order valence-electron chi connectivity index (χ0n) is 12.9. The average Bonchev–Trinajstić information content (AvgIpc) is 3.28. The van der Waals surface area contributed by atoms with E-state index in [9.17, 15) is 4.79 Å². The number of aryl methyl sites for hydroxylation is 1. The fourth-order valence-electron chi connectivity index (χ4n) is 2.74. The second-order valence-electron chi connectivity index (χ2n) is 5.42. The number of fused-ring (bicyclic) bond motifs is 2. The van der Waals surface area contributed by atoms with Crippen LogP contribution >= 0.6 is 15.9 Å².